The maximum absolute atomic E-state index is 5.77. The third-order valence-electron chi connectivity index (χ3n) is 2.56. The molecule has 0 spiro atoms. The molecule has 0 fully saturated rings. The quantitative estimate of drug-likeness (QED) is 0.596. The van der Waals surface area contributed by atoms with E-state index in [1.54, 1.807) is 0 Å². The van der Waals surface area contributed by atoms with Crippen LogP contribution in [-0.2, 0) is 0 Å². The van der Waals surface area contributed by atoms with E-state index in [1.165, 1.54) is 6.33 Å². The van der Waals surface area contributed by atoms with Gasteiger partial charge in [0.15, 0.2) is 11.5 Å². The van der Waals surface area contributed by atoms with Crippen molar-refractivity contribution in [2.24, 2.45) is 0 Å². The van der Waals surface area contributed by atoms with Crippen LogP contribution in [0, 0.1) is 0 Å². The number of fused-ring (bicyclic) bond motifs is 1. The lowest BCUT2D eigenvalue weighted by molar-refractivity contribution is 1.21. The summed E-state index contributed by atoms with van der Waals surface area (Å²) in [5.41, 5.74) is 14.2. The van der Waals surface area contributed by atoms with Gasteiger partial charge in [-0.2, -0.15) is 0 Å². The minimum absolute atomic E-state index is 0.374. The molecule has 0 amide bonds. The van der Waals surface area contributed by atoms with Crippen molar-refractivity contribution >= 4 is 38.6 Å². The highest BCUT2D eigenvalue weighted by Gasteiger charge is 2.11. The SMILES string of the molecule is Nc1ccc(Br)c(-c2nc3ncnc(N)c3[nH]2)c1. The molecule has 2 aromatic heterocycles. The fraction of sp³-hybridized carbons (Fsp3) is 0. The average Bonchev–Trinajstić information content (AvgIpc) is 2.77. The number of nitrogens with two attached hydrogens (primary N) is 2. The predicted octanol–water partition coefficient (Wildman–Crippen LogP) is 1.95. The second-order valence-electron chi connectivity index (χ2n) is 3.78. The molecule has 0 atom stereocenters. The van der Waals surface area contributed by atoms with E-state index < -0.39 is 0 Å². The van der Waals surface area contributed by atoms with Gasteiger partial charge in [-0.3, -0.25) is 0 Å². The minimum Gasteiger partial charge on any atom is -0.399 e. The summed E-state index contributed by atoms with van der Waals surface area (Å²) in [6.45, 7) is 0. The summed E-state index contributed by atoms with van der Waals surface area (Å²) >= 11 is 3.46. The maximum atomic E-state index is 5.77. The molecule has 0 aliphatic rings. The van der Waals surface area contributed by atoms with Crippen molar-refractivity contribution in [1.29, 1.82) is 0 Å². The Bertz CT molecular complexity index is 735. The van der Waals surface area contributed by atoms with Gasteiger partial charge in [0, 0.05) is 15.7 Å². The van der Waals surface area contributed by atoms with Crippen molar-refractivity contribution in [2.75, 3.05) is 11.5 Å². The number of nitrogens with one attached hydrogen (secondary N) is 1. The number of nitrogen functional groups attached to an aromatic ring is 2. The highest BCUT2D eigenvalue weighted by molar-refractivity contribution is 9.10. The monoisotopic (exact) mass is 304 g/mol. The van der Waals surface area contributed by atoms with Gasteiger partial charge in [-0.1, -0.05) is 15.9 Å². The van der Waals surface area contributed by atoms with Crippen LogP contribution in [0.1, 0.15) is 0 Å². The predicted molar refractivity (Wildman–Crippen MR) is 73.6 cm³/mol. The summed E-state index contributed by atoms with van der Waals surface area (Å²) in [6, 6.07) is 5.50. The van der Waals surface area contributed by atoms with Gasteiger partial charge >= 0.3 is 0 Å². The molecule has 0 unspecified atom stereocenters. The number of anilines is 2. The number of imidazole rings is 1. The third kappa shape index (κ3) is 1.68. The molecule has 2 heterocycles. The van der Waals surface area contributed by atoms with E-state index >= 15 is 0 Å². The van der Waals surface area contributed by atoms with Gasteiger partial charge in [-0.05, 0) is 18.2 Å². The first kappa shape index (κ1) is 11.0. The summed E-state index contributed by atoms with van der Waals surface area (Å²) < 4.78 is 0.891. The van der Waals surface area contributed by atoms with Crippen molar-refractivity contribution < 1.29 is 0 Å². The van der Waals surface area contributed by atoms with Crippen LogP contribution in [-0.4, -0.2) is 19.9 Å². The van der Waals surface area contributed by atoms with Gasteiger partial charge in [-0.25, -0.2) is 15.0 Å². The summed E-state index contributed by atoms with van der Waals surface area (Å²) in [4.78, 5) is 15.4. The van der Waals surface area contributed by atoms with Crippen LogP contribution in [0.15, 0.2) is 29.0 Å². The molecule has 3 rings (SSSR count). The average molecular weight is 305 g/mol. The number of hydrogen-bond acceptors (Lipinski definition) is 5. The van der Waals surface area contributed by atoms with Gasteiger partial charge in [0.2, 0.25) is 0 Å². The molecule has 7 heteroatoms. The number of aromatic nitrogens is 4. The second-order valence-corrected chi connectivity index (χ2v) is 4.64. The van der Waals surface area contributed by atoms with Crippen LogP contribution in [0.2, 0.25) is 0 Å². The molecule has 3 aromatic rings. The molecule has 1 aromatic carbocycles. The molecule has 0 aliphatic carbocycles. The molecule has 0 aliphatic heterocycles. The number of H-pyrrole nitrogens is 1. The van der Waals surface area contributed by atoms with Crippen molar-refractivity contribution in [3.05, 3.63) is 29.0 Å². The Morgan fingerprint density at radius 3 is 2.78 bits per heavy atom. The van der Waals surface area contributed by atoms with Crippen LogP contribution in [0.5, 0.6) is 0 Å². The standard InChI is InChI=1S/C11H9BrN6/c12-7-2-1-5(13)3-6(7)10-17-8-9(14)15-4-16-11(8)18-10/h1-4H,13H2,(H3,14,15,16,17,18). The van der Waals surface area contributed by atoms with E-state index in [0.717, 1.165) is 10.0 Å². The zero-order chi connectivity index (χ0) is 12.7. The Hall–Kier alpha value is -2.15. The Morgan fingerprint density at radius 2 is 2.00 bits per heavy atom. The minimum atomic E-state index is 0.374. The molecule has 6 nitrogen and oxygen atoms in total. The lowest BCUT2D eigenvalue weighted by atomic mass is 10.2. The van der Waals surface area contributed by atoms with Crippen LogP contribution in [0.3, 0.4) is 0 Å². The molecule has 5 N–H and O–H groups in total. The van der Waals surface area contributed by atoms with E-state index in [0.29, 0.717) is 28.5 Å². The smallest absolute Gasteiger partial charge is 0.183 e. The first-order valence-electron chi connectivity index (χ1n) is 5.17. The largest absolute Gasteiger partial charge is 0.399 e. The van der Waals surface area contributed by atoms with E-state index in [1.807, 2.05) is 18.2 Å². The van der Waals surface area contributed by atoms with Gasteiger partial charge in [0.1, 0.15) is 17.7 Å². The van der Waals surface area contributed by atoms with Crippen LogP contribution in [0.25, 0.3) is 22.6 Å². The van der Waals surface area contributed by atoms with Gasteiger partial charge in [-0.15, -0.1) is 0 Å². The lowest BCUT2D eigenvalue weighted by Crippen LogP contribution is -1.91. The summed E-state index contributed by atoms with van der Waals surface area (Å²) in [5, 5.41) is 0. The molecule has 90 valence electrons. The zero-order valence-corrected chi connectivity index (χ0v) is 10.8. The molecule has 0 radical (unpaired) electrons. The van der Waals surface area contributed by atoms with Crippen molar-refractivity contribution in [3.8, 4) is 11.4 Å². The Morgan fingerprint density at radius 1 is 1.17 bits per heavy atom. The fourth-order valence-corrected chi connectivity index (χ4v) is 2.13. The Labute approximate surface area is 111 Å². The summed E-state index contributed by atoms with van der Waals surface area (Å²) in [5.74, 6) is 1.02. The first-order chi connectivity index (χ1) is 8.65. The molecule has 0 saturated heterocycles. The fourth-order valence-electron chi connectivity index (χ4n) is 1.70. The zero-order valence-electron chi connectivity index (χ0n) is 9.18. The van der Waals surface area contributed by atoms with Crippen LogP contribution >= 0.6 is 15.9 Å². The highest BCUT2D eigenvalue weighted by atomic mass is 79.9. The molecule has 0 saturated carbocycles. The second kappa shape index (κ2) is 3.95. The van der Waals surface area contributed by atoms with E-state index in [4.69, 9.17) is 11.5 Å². The number of aromatic amines is 1. The lowest BCUT2D eigenvalue weighted by Gasteiger charge is -2.01. The molecule has 18 heavy (non-hydrogen) atoms. The van der Waals surface area contributed by atoms with Gasteiger partial charge in [0.25, 0.3) is 0 Å². The number of rotatable bonds is 1. The van der Waals surface area contributed by atoms with Gasteiger partial charge in [0.05, 0.1) is 0 Å². The molecular weight excluding hydrogens is 296 g/mol. The number of benzene rings is 1. The van der Waals surface area contributed by atoms with E-state index in [2.05, 4.69) is 35.9 Å². The Balaban J connectivity index is 2.26. The van der Waals surface area contributed by atoms with Crippen LogP contribution in [0.4, 0.5) is 11.5 Å². The summed E-state index contributed by atoms with van der Waals surface area (Å²) in [7, 11) is 0. The van der Waals surface area contributed by atoms with Crippen molar-refractivity contribution in [2.45, 2.75) is 0 Å². The number of nitrogens with zero attached hydrogens (tertiary/aromatic N) is 3. The molecular formula is C11H9BrN6. The van der Waals surface area contributed by atoms with E-state index in [9.17, 15) is 0 Å². The van der Waals surface area contributed by atoms with Crippen molar-refractivity contribution in [1.82, 2.24) is 19.9 Å². The Kier molecular flexibility index (Phi) is 2.41. The number of hydrogen-bond donors (Lipinski definition) is 3. The molecule has 0 bridgehead atoms. The maximum Gasteiger partial charge on any atom is 0.183 e. The summed E-state index contributed by atoms with van der Waals surface area (Å²) in [6.07, 6.45) is 1.39. The number of halogens is 1. The highest BCUT2D eigenvalue weighted by Crippen LogP contribution is 2.29. The van der Waals surface area contributed by atoms with E-state index in [-0.39, 0.29) is 0 Å². The normalized spacial score (nSPS) is 10.9. The van der Waals surface area contributed by atoms with Crippen molar-refractivity contribution in [3.63, 3.8) is 0 Å². The van der Waals surface area contributed by atoms with Crippen LogP contribution < -0.4 is 11.5 Å². The first-order valence-corrected chi connectivity index (χ1v) is 5.96. The third-order valence-corrected chi connectivity index (χ3v) is 3.25. The topological polar surface area (TPSA) is 106 Å². The van der Waals surface area contributed by atoms with Gasteiger partial charge < -0.3 is 16.5 Å².